The maximum Gasteiger partial charge on any atom is 0.235 e. The molecule has 1 aromatic heterocycles. The number of carbonyl (C=O) groups is 1. The fourth-order valence-electron chi connectivity index (χ4n) is 1.48. The Morgan fingerprint density at radius 3 is 3.12 bits per heavy atom. The average molecular weight is 220 g/mol. The molecule has 1 atom stereocenters. The van der Waals surface area contributed by atoms with Crippen LogP contribution in [-0.4, -0.2) is 10.9 Å². The number of oxazole rings is 1. The molecule has 6 nitrogen and oxygen atoms in total. The molecule has 5 N–H and O–H groups in total. The van der Waals surface area contributed by atoms with Crippen molar-refractivity contribution in [3.63, 3.8) is 0 Å². The number of hydrogen-bond acceptors (Lipinski definition) is 5. The van der Waals surface area contributed by atoms with Gasteiger partial charge in [0.15, 0.2) is 12.0 Å². The molecule has 0 saturated heterocycles. The first kappa shape index (κ1) is 10.6. The van der Waals surface area contributed by atoms with Crippen LogP contribution in [0.3, 0.4) is 0 Å². The van der Waals surface area contributed by atoms with Crippen LogP contribution in [0.1, 0.15) is 18.0 Å². The largest absolute Gasteiger partial charge is 0.443 e. The third-order valence-electron chi connectivity index (χ3n) is 2.35. The van der Waals surface area contributed by atoms with Gasteiger partial charge in [0.1, 0.15) is 5.52 Å². The van der Waals surface area contributed by atoms with Gasteiger partial charge >= 0.3 is 0 Å². The summed E-state index contributed by atoms with van der Waals surface area (Å²) in [4.78, 5) is 15.0. The Hall–Kier alpha value is -1.92. The molecular formula is C10H12N4O2. The highest BCUT2D eigenvalue weighted by molar-refractivity contribution is 5.77. The summed E-state index contributed by atoms with van der Waals surface area (Å²) in [5.74, 6) is 4.69. The highest BCUT2D eigenvalue weighted by Gasteiger charge is 2.12. The van der Waals surface area contributed by atoms with Gasteiger partial charge < -0.3 is 10.2 Å². The highest BCUT2D eigenvalue weighted by atomic mass is 16.3. The predicted octanol–water partition coefficient (Wildman–Crippen LogP) is 0.208. The molecule has 0 radical (unpaired) electrons. The number of fused-ring (bicyclic) bond motifs is 1. The maximum absolute atomic E-state index is 11.1. The predicted molar refractivity (Wildman–Crippen MR) is 57.9 cm³/mol. The minimum Gasteiger partial charge on any atom is -0.443 e. The molecule has 1 amide bonds. The van der Waals surface area contributed by atoms with Crippen molar-refractivity contribution in [1.82, 2.24) is 10.4 Å². The second kappa shape index (κ2) is 4.30. The van der Waals surface area contributed by atoms with Crippen LogP contribution >= 0.6 is 0 Å². The number of rotatable bonds is 3. The van der Waals surface area contributed by atoms with Gasteiger partial charge in [0.05, 0.1) is 0 Å². The highest BCUT2D eigenvalue weighted by Crippen LogP contribution is 2.19. The van der Waals surface area contributed by atoms with E-state index in [2.05, 4.69) is 4.98 Å². The van der Waals surface area contributed by atoms with Crippen LogP contribution in [0.25, 0.3) is 11.1 Å². The number of aromatic nitrogens is 1. The molecule has 1 aromatic carbocycles. The molecule has 2 aromatic rings. The molecule has 0 fully saturated rings. The zero-order valence-corrected chi connectivity index (χ0v) is 8.51. The van der Waals surface area contributed by atoms with E-state index in [9.17, 15) is 4.79 Å². The number of nitrogens with one attached hydrogen (secondary N) is 1. The Morgan fingerprint density at radius 2 is 2.38 bits per heavy atom. The molecule has 16 heavy (non-hydrogen) atoms. The monoisotopic (exact) mass is 220 g/mol. The van der Waals surface area contributed by atoms with E-state index in [0.717, 1.165) is 11.1 Å². The van der Waals surface area contributed by atoms with E-state index >= 15 is 0 Å². The van der Waals surface area contributed by atoms with Crippen molar-refractivity contribution in [1.29, 1.82) is 0 Å². The van der Waals surface area contributed by atoms with Gasteiger partial charge in [-0.3, -0.25) is 10.2 Å². The summed E-state index contributed by atoms with van der Waals surface area (Å²) >= 11 is 0. The number of amides is 1. The van der Waals surface area contributed by atoms with E-state index < -0.39 is 6.04 Å². The first-order valence-electron chi connectivity index (χ1n) is 4.79. The Balaban J connectivity index is 2.22. The van der Waals surface area contributed by atoms with Crippen LogP contribution in [0.2, 0.25) is 0 Å². The summed E-state index contributed by atoms with van der Waals surface area (Å²) in [7, 11) is 0. The molecule has 2 rings (SSSR count). The Bertz CT molecular complexity index is 508. The number of hydrogen-bond donors (Lipinski definition) is 3. The fraction of sp³-hybridized carbons (Fsp3) is 0.200. The van der Waals surface area contributed by atoms with Crippen molar-refractivity contribution in [3.05, 3.63) is 30.2 Å². The van der Waals surface area contributed by atoms with Gasteiger partial charge in [0.25, 0.3) is 0 Å². The van der Waals surface area contributed by atoms with Crippen molar-refractivity contribution in [2.24, 2.45) is 11.6 Å². The van der Waals surface area contributed by atoms with Crippen LogP contribution in [-0.2, 0) is 4.79 Å². The second-order valence-corrected chi connectivity index (χ2v) is 3.46. The number of carbonyl (C=O) groups excluding carboxylic acids is 1. The summed E-state index contributed by atoms with van der Waals surface area (Å²) in [6, 6.07) is 4.99. The minimum absolute atomic E-state index is 0.135. The zero-order chi connectivity index (χ0) is 11.5. The first-order valence-corrected chi connectivity index (χ1v) is 4.79. The van der Waals surface area contributed by atoms with E-state index in [0.29, 0.717) is 5.58 Å². The molecule has 0 aliphatic carbocycles. The Labute approximate surface area is 91.6 Å². The molecule has 6 heteroatoms. The summed E-state index contributed by atoms with van der Waals surface area (Å²) < 4.78 is 5.15. The van der Waals surface area contributed by atoms with Gasteiger partial charge in [0.2, 0.25) is 5.91 Å². The first-order chi connectivity index (χ1) is 7.70. The van der Waals surface area contributed by atoms with E-state index in [4.69, 9.17) is 16.0 Å². The van der Waals surface area contributed by atoms with Crippen LogP contribution in [0, 0.1) is 0 Å². The quantitative estimate of drug-likeness (QED) is 0.389. The zero-order valence-electron chi connectivity index (χ0n) is 8.51. The molecule has 84 valence electrons. The molecule has 0 bridgehead atoms. The van der Waals surface area contributed by atoms with Crippen molar-refractivity contribution in [3.8, 4) is 0 Å². The summed E-state index contributed by atoms with van der Waals surface area (Å²) in [6.45, 7) is 0. The molecule has 0 aliphatic heterocycles. The average Bonchev–Trinajstić information content (AvgIpc) is 2.75. The van der Waals surface area contributed by atoms with Gasteiger partial charge in [-0.2, -0.15) is 0 Å². The van der Waals surface area contributed by atoms with Gasteiger partial charge in [-0.05, 0) is 17.7 Å². The topological polar surface area (TPSA) is 107 Å². The van der Waals surface area contributed by atoms with Gasteiger partial charge in [-0.1, -0.05) is 6.07 Å². The number of benzene rings is 1. The lowest BCUT2D eigenvalue weighted by atomic mass is 10.0. The normalized spacial score (nSPS) is 12.6. The fourth-order valence-corrected chi connectivity index (χ4v) is 1.48. The molecule has 0 aliphatic rings. The third-order valence-corrected chi connectivity index (χ3v) is 2.35. The van der Waals surface area contributed by atoms with Crippen LogP contribution in [0.4, 0.5) is 0 Å². The molecule has 0 spiro atoms. The Kier molecular flexibility index (Phi) is 2.84. The maximum atomic E-state index is 11.1. The van der Waals surface area contributed by atoms with E-state index in [-0.39, 0.29) is 12.3 Å². The summed E-state index contributed by atoms with van der Waals surface area (Å²) in [5, 5.41) is 0. The van der Waals surface area contributed by atoms with Crippen molar-refractivity contribution in [2.45, 2.75) is 12.5 Å². The minimum atomic E-state index is -0.405. The third kappa shape index (κ3) is 2.02. The second-order valence-electron chi connectivity index (χ2n) is 3.46. The SMILES string of the molecule is NNC(=O)CC(N)c1ccc2ncoc2c1. The molecule has 1 heterocycles. The van der Waals surface area contributed by atoms with Crippen LogP contribution < -0.4 is 17.0 Å². The smallest absolute Gasteiger partial charge is 0.235 e. The van der Waals surface area contributed by atoms with E-state index in [1.165, 1.54) is 6.39 Å². The summed E-state index contributed by atoms with van der Waals surface area (Å²) in [5.41, 5.74) is 10.1. The molecule has 1 unspecified atom stereocenters. The Morgan fingerprint density at radius 1 is 1.56 bits per heavy atom. The van der Waals surface area contributed by atoms with E-state index in [1.807, 2.05) is 11.5 Å². The van der Waals surface area contributed by atoms with Crippen LogP contribution in [0.5, 0.6) is 0 Å². The van der Waals surface area contributed by atoms with Crippen molar-refractivity contribution < 1.29 is 9.21 Å². The summed E-state index contributed by atoms with van der Waals surface area (Å²) in [6.07, 6.45) is 1.50. The number of hydrazine groups is 1. The molecule has 0 saturated carbocycles. The molecular weight excluding hydrogens is 208 g/mol. The van der Waals surface area contributed by atoms with Gasteiger partial charge in [0, 0.05) is 12.5 Å². The van der Waals surface area contributed by atoms with Crippen molar-refractivity contribution >= 4 is 17.0 Å². The lowest BCUT2D eigenvalue weighted by Gasteiger charge is -2.10. The standard InChI is InChI=1S/C10H12N4O2/c11-7(4-10(15)14-12)6-1-2-8-9(3-6)16-5-13-8/h1-3,5,7H,4,11-12H2,(H,14,15). The number of nitrogens with zero attached hydrogens (tertiary/aromatic N) is 1. The lowest BCUT2D eigenvalue weighted by molar-refractivity contribution is -0.121. The number of nitrogens with two attached hydrogens (primary N) is 2. The van der Waals surface area contributed by atoms with E-state index in [1.54, 1.807) is 12.1 Å². The van der Waals surface area contributed by atoms with Gasteiger partial charge in [-0.15, -0.1) is 0 Å². The van der Waals surface area contributed by atoms with Gasteiger partial charge in [-0.25, -0.2) is 10.8 Å². The van der Waals surface area contributed by atoms with Crippen molar-refractivity contribution in [2.75, 3.05) is 0 Å². The lowest BCUT2D eigenvalue weighted by Crippen LogP contribution is -2.32. The van der Waals surface area contributed by atoms with Crippen LogP contribution in [0.15, 0.2) is 29.0 Å².